The van der Waals surface area contributed by atoms with E-state index in [0.29, 0.717) is 11.5 Å². The third-order valence-corrected chi connectivity index (χ3v) is 3.45. The van der Waals surface area contributed by atoms with Gasteiger partial charge in [0.1, 0.15) is 0 Å². The third kappa shape index (κ3) is 3.01. The highest BCUT2D eigenvalue weighted by molar-refractivity contribution is 5.61. The van der Waals surface area contributed by atoms with Crippen LogP contribution in [0.1, 0.15) is 0 Å². The van der Waals surface area contributed by atoms with Gasteiger partial charge in [0.25, 0.3) is 0 Å². The highest BCUT2D eigenvalue weighted by Gasteiger charge is 2.13. The van der Waals surface area contributed by atoms with Gasteiger partial charge in [0.15, 0.2) is 11.6 Å². The lowest BCUT2D eigenvalue weighted by Crippen LogP contribution is -2.07. The van der Waals surface area contributed by atoms with Crippen LogP contribution in [-0.4, -0.2) is 31.4 Å². The second-order valence-corrected chi connectivity index (χ2v) is 5.20. The minimum Gasteiger partial charge on any atom is -0.494 e. The molecule has 118 valence electrons. The summed E-state index contributed by atoms with van der Waals surface area (Å²) >= 11 is 0. The lowest BCUT2D eigenvalue weighted by atomic mass is 10.2. The van der Waals surface area contributed by atoms with Gasteiger partial charge < -0.3 is 14.1 Å². The van der Waals surface area contributed by atoms with E-state index in [1.54, 1.807) is 6.07 Å². The van der Waals surface area contributed by atoms with Crippen LogP contribution in [0.3, 0.4) is 0 Å². The van der Waals surface area contributed by atoms with Gasteiger partial charge in [-0.05, 0) is 42.5 Å². The molecular formula is C17H16FN3O2. The molecule has 5 nitrogen and oxygen atoms in total. The fourth-order valence-electron chi connectivity index (χ4n) is 2.16. The summed E-state index contributed by atoms with van der Waals surface area (Å²) in [6.07, 6.45) is 0. The average Bonchev–Trinajstić information content (AvgIpc) is 3.05. The SMILES string of the molecule is COc1ccc(-c2nnc(-c3ccc(N(C)C)cc3)o2)cc1F. The number of hydrogen-bond donors (Lipinski definition) is 0. The Kier molecular flexibility index (Phi) is 3.97. The molecule has 0 spiro atoms. The summed E-state index contributed by atoms with van der Waals surface area (Å²) < 4.78 is 24.3. The molecule has 0 aliphatic heterocycles. The molecule has 0 unspecified atom stereocenters. The van der Waals surface area contributed by atoms with Crippen LogP contribution in [0.25, 0.3) is 22.9 Å². The van der Waals surface area contributed by atoms with Crippen molar-refractivity contribution in [1.82, 2.24) is 10.2 Å². The first-order valence-electron chi connectivity index (χ1n) is 7.03. The highest BCUT2D eigenvalue weighted by atomic mass is 19.1. The molecule has 0 aliphatic rings. The van der Waals surface area contributed by atoms with Gasteiger partial charge in [0, 0.05) is 30.9 Å². The summed E-state index contributed by atoms with van der Waals surface area (Å²) in [6.45, 7) is 0. The molecule has 0 amide bonds. The normalized spacial score (nSPS) is 10.6. The molecular weight excluding hydrogens is 297 g/mol. The molecule has 0 radical (unpaired) electrons. The molecule has 3 rings (SSSR count). The van der Waals surface area contributed by atoms with Crippen molar-refractivity contribution >= 4 is 5.69 Å². The van der Waals surface area contributed by atoms with Gasteiger partial charge in [-0.1, -0.05) is 0 Å². The molecule has 0 fully saturated rings. The van der Waals surface area contributed by atoms with E-state index in [2.05, 4.69) is 10.2 Å². The first kappa shape index (κ1) is 15.0. The van der Waals surface area contributed by atoms with E-state index in [0.717, 1.165) is 11.3 Å². The number of benzene rings is 2. The van der Waals surface area contributed by atoms with Crippen LogP contribution in [0.15, 0.2) is 46.9 Å². The number of rotatable bonds is 4. The number of anilines is 1. The van der Waals surface area contributed by atoms with Gasteiger partial charge in [-0.2, -0.15) is 0 Å². The Hall–Kier alpha value is -2.89. The standard InChI is InChI=1S/C17H16FN3O2/c1-21(2)13-7-4-11(5-8-13)16-19-20-17(23-16)12-6-9-15(22-3)14(18)10-12/h4-10H,1-3H3. The second kappa shape index (κ2) is 6.08. The molecule has 0 saturated carbocycles. The maximum absolute atomic E-state index is 13.8. The summed E-state index contributed by atoms with van der Waals surface area (Å²) in [7, 11) is 5.36. The lowest BCUT2D eigenvalue weighted by Gasteiger charge is -2.11. The minimum atomic E-state index is -0.472. The zero-order valence-electron chi connectivity index (χ0n) is 13.1. The maximum Gasteiger partial charge on any atom is 0.248 e. The largest absolute Gasteiger partial charge is 0.494 e. The summed E-state index contributed by atoms with van der Waals surface area (Å²) in [5, 5.41) is 8.01. The predicted molar refractivity (Wildman–Crippen MR) is 86.0 cm³/mol. The van der Waals surface area contributed by atoms with E-state index >= 15 is 0 Å². The molecule has 6 heteroatoms. The predicted octanol–water partition coefficient (Wildman–Crippen LogP) is 3.62. The van der Waals surface area contributed by atoms with E-state index in [1.165, 1.54) is 19.2 Å². The van der Waals surface area contributed by atoms with Gasteiger partial charge in [-0.15, -0.1) is 10.2 Å². The molecule has 2 aromatic carbocycles. The molecule has 3 aromatic rings. The smallest absolute Gasteiger partial charge is 0.248 e. The third-order valence-electron chi connectivity index (χ3n) is 3.45. The Morgan fingerprint density at radius 1 is 0.957 bits per heavy atom. The van der Waals surface area contributed by atoms with Gasteiger partial charge in [-0.3, -0.25) is 0 Å². The maximum atomic E-state index is 13.8. The molecule has 1 aromatic heterocycles. The first-order valence-corrected chi connectivity index (χ1v) is 7.03. The number of halogens is 1. The highest BCUT2D eigenvalue weighted by Crippen LogP contribution is 2.28. The Morgan fingerprint density at radius 2 is 1.57 bits per heavy atom. The topological polar surface area (TPSA) is 51.4 Å². The summed E-state index contributed by atoms with van der Waals surface area (Å²) in [6, 6.07) is 12.3. The number of ether oxygens (including phenoxy) is 1. The number of aromatic nitrogens is 2. The van der Waals surface area contributed by atoms with Crippen LogP contribution in [0.5, 0.6) is 5.75 Å². The van der Waals surface area contributed by atoms with Crippen LogP contribution < -0.4 is 9.64 Å². The van der Waals surface area contributed by atoms with E-state index in [1.807, 2.05) is 43.3 Å². The molecule has 0 bridgehead atoms. The Balaban J connectivity index is 1.89. The van der Waals surface area contributed by atoms with Crippen LogP contribution in [-0.2, 0) is 0 Å². The Labute approximate surface area is 133 Å². The molecule has 0 aliphatic carbocycles. The fraction of sp³-hybridized carbons (Fsp3) is 0.176. The molecule has 0 atom stereocenters. The van der Waals surface area contributed by atoms with Crippen molar-refractivity contribution in [2.45, 2.75) is 0 Å². The van der Waals surface area contributed by atoms with Crippen LogP contribution in [0.4, 0.5) is 10.1 Å². The van der Waals surface area contributed by atoms with E-state index in [-0.39, 0.29) is 11.6 Å². The summed E-state index contributed by atoms with van der Waals surface area (Å²) in [5.41, 5.74) is 2.39. The summed E-state index contributed by atoms with van der Waals surface area (Å²) in [4.78, 5) is 2.00. The van der Waals surface area contributed by atoms with Crippen LogP contribution >= 0.6 is 0 Å². The zero-order valence-corrected chi connectivity index (χ0v) is 13.1. The van der Waals surface area contributed by atoms with Crippen molar-refractivity contribution in [1.29, 1.82) is 0 Å². The molecule has 1 heterocycles. The monoisotopic (exact) mass is 313 g/mol. The van der Waals surface area contributed by atoms with Gasteiger partial charge in [-0.25, -0.2) is 4.39 Å². The van der Waals surface area contributed by atoms with Crippen molar-refractivity contribution < 1.29 is 13.5 Å². The number of hydrogen-bond acceptors (Lipinski definition) is 5. The van der Waals surface area contributed by atoms with Crippen LogP contribution in [0.2, 0.25) is 0 Å². The Morgan fingerprint density at radius 3 is 2.13 bits per heavy atom. The molecule has 23 heavy (non-hydrogen) atoms. The molecule has 0 saturated heterocycles. The number of nitrogens with zero attached hydrogens (tertiary/aromatic N) is 3. The van der Waals surface area contributed by atoms with Gasteiger partial charge in [0.2, 0.25) is 11.8 Å². The van der Waals surface area contributed by atoms with Crippen molar-refractivity contribution in [3.63, 3.8) is 0 Å². The first-order chi connectivity index (χ1) is 11.1. The van der Waals surface area contributed by atoms with Crippen molar-refractivity contribution in [3.8, 4) is 28.7 Å². The Bertz CT molecular complexity index is 813. The minimum absolute atomic E-state index is 0.174. The van der Waals surface area contributed by atoms with E-state index < -0.39 is 5.82 Å². The van der Waals surface area contributed by atoms with Gasteiger partial charge >= 0.3 is 0 Å². The average molecular weight is 313 g/mol. The fourth-order valence-corrected chi connectivity index (χ4v) is 2.16. The zero-order chi connectivity index (χ0) is 16.4. The van der Waals surface area contributed by atoms with Crippen molar-refractivity contribution in [2.75, 3.05) is 26.1 Å². The number of methoxy groups -OCH3 is 1. The van der Waals surface area contributed by atoms with E-state index in [9.17, 15) is 4.39 Å². The van der Waals surface area contributed by atoms with Crippen molar-refractivity contribution in [2.24, 2.45) is 0 Å². The summed E-state index contributed by atoms with van der Waals surface area (Å²) in [5.74, 6) is 0.354. The lowest BCUT2D eigenvalue weighted by molar-refractivity contribution is 0.386. The van der Waals surface area contributed by atoms with Gasteiger partial charge in [0.05, 0.1) is 7.11 Å². The molecule has 0 N–H and O–H groups in total. The van der Waals surface area contributed by atoms with Crippen LogP contribution in [0, 0.1) is 5.82 Å². The second-order valence-electron chi connectivity index (χ2n) is 5.20. The van der Waals surface area contributed by atoms with Crippen molar-refractivity contribution in [3.05, 3.63) is 48.3 Å². The van der Waals surface area contributed by atoms with E-state index in [4.69, 9.17) is 9.15 Å². The quantitative estimate of drug-likeness (QED) is 0.736.